The fraction of sp³-hybridized carbons (Fsp3) is 0.529. The molecular formula is C17H23NO2S. The van der Waals surface area contributed by atoms with Crippen LogP contribution in [0.25, 0.3) is 10.1 Å². The van der Waals surface area contributed by atoms with E-state index >= 15 is 0 Å². The molecule has 4 heteroatoms. The Morgan fingerprint density at radius 2 is 1.71 bits per heavy atom. The van der Waals surface area contributed by atoms with Crippen LogP contribution in [0.5, 0.6) is 0 Å². The number of rotatable bonds is 8. The second-order valence-corrected chi connectivity index (χ2v) is 6.44. The fourth-order valence-electron chi connectivity index (χ4n) is 2.47. The molecule has 0 N–H and O–H groups in total. The lowest BCUT2D eigenvalue weighted by Gasteiger charge is -2.01. The quantitative estimate of drug-likeness (QED) is 0.654. The summed E-state index contributed by atoms with van der Waals surface area (Å²) < 4.78 is 2.21. The minimum absolute atomic E-state index is 0.0604. The largest absolute Gasteiger partial charge is 0.275 e. The smallest absolute Gasteiger partial charge is 0.273 e. The molecule has 3 nitrogen and oxygen atoms in total. The zero-order valence-electron chi connectivity index (χ0n) is 12.6. The zero-order chi connectivity index (χ0) is 15.1. The summed E-state index contributed by atoms with van der Waals surface area (Å²) in [4.78, 5) is 24.3. The Morgan fingerprint density at radius 1 is 1.05 bits per heavy atom. The van der Waals surface area contributed by atoms with E-state index in [-0.39, 0.29) is 11.5 Å². The number of hydrogen-bond donors (Lipinski definition) is 0. The van der Waals surface area contributed by atoms with Crippen molar-refractivity contribution in [2.24, 2.45) is 0 Å². The normalized spacial score (nSPS) is 11.1. The Bertz CT molecular complexity index is 642. The lowest BCUT2D eigenvalue weighted by atomic mass is 10.1. The second kappa shape index (κ2) is 8.13. The lowest BCUT2D eigenvalue weighted by molar-refractivity contribution is 0.0908. The van der Waals surface area contributed by atoms with Gasteiger partial charge in [-0.2, -0.15) is 3.96 Å². The van der Waals surface area contributed by atoms with Crippen LogP contribution in [0, 0.1) is 0 Å². The predicted octanol–water partition coefficient (Wildman–Crippen LogP) is 4.84. The van der Waals surface area contributed by atoms with E-state index in [2.05, 4.69) is 6.92 Å². The summed E-state index contributed by atoms with van der Waals surface area (Å²) in [6.45, 7) is 2.21. The Morgan fingerprint density at radius 3 is 2.43 bits per heavy atom. The molecule has 0 aliphatic carbocycles. The van der Waals surface area contributed by atoms with E-state index in [1.165, 1.54) is 47.6 Å². The summed E-state index contributed by atoms with van der Waals surface area (Å²) in [7, 11) is 0. The van der Waals surface area contributed by atoms with Gasteiger partial charge in [-0.25, -0.2) is 0 Å². The molecule has 0 aliphatic rings. The van der Waals surface area contributed by atoms with Crippen molar-refractivity contribution in [1.29, 1.82) is 0 Å². The third-order valence-electron chi connectivity index (χ3n) is 3.71. The first-order valence-corrected chi connectivity index (χ1v) is 8.65. The minimum Gasteiger partial charge on any atom is -0.273 e. The average molecular weight is 305 g/mol. The summed E-state index contributed by atoms with van der Waals surface area (Å²) >= 11 is 1.26. The first kappa shape index (κ1) is 16.0. The first-order chi connectivity index (χ1) is 10.2. The van der Waals surface area contributed by atoms with E-state index in [1.807, 2.05) is 18.2 Å². The number of aromatic nitrogens is 1. The number of nitrogens with zero attached hydrogens (tertiary/aromatic N) is 1. The van der Waals surface area contributed by atoms with Gasteiger partial charge < -0.3 is 0 Å². The van der Waals surface area contributed by atoms with E-state index in [4.69, 9.17) is 0 Å². The Labute approximate surface area is 129 Å². The molecule has 114 valence electrons. The van der Waals surface area contributed by atoms with Crippen LogP contribution in [0.15, 0.2) is 29.1 Å². The van der Waals surface area contributed by atoms with E-state index in [0.717, 1.165) is 17.5 Å². The number of unbranched alkanes of at least 4 members (excludes halogenated alkanes) is 6. The van der Waals surface area contributed by atoms with E-state index in [9.17, 15) is 9.59 Å². The van der Waals surface area contributed by atoms with Gasteiger partial charge in [-0.05, 0) is 30.1 Å². The summed E-state index contributed by atoms with van der Waals surface area (Å²) in [6.07, 6.45) is 8.73. The molecule has 1 aromatic carbocycles. The van der Waals surface area contributed by atoms with Gasteiger partial charge in [0, 0.05) is 6.42 Å². The molecule has 0 radical (unpaired) electrons. The third kappa shape index (κ3) is 4.27. The highest BCUT2D eigenvalue weighted by molar-refractivity contribution is 7.14. The van der Waals surface area contributed by atoms with Crippen LogP contribution in [0.1, 0.15) is 63.1 Å². The number of carbonyl (C=O) groups excluding carboxylic acids is 1. The van der Waals surface area contributed by atoms with Gasteiger partial charge in [0.15, 0.2) is 0 Å². The van der Waals surface area contributed by atoms with Crippen LogP contribution >= 0.6 is 11.5 Å². The summed E-state index contributed by atoms with van der Waals surface area (Å²) in [5, 5.41) is 0.649. The lowest BCUT2D eigenvalue weighted by Crippen LogP contribution is -2.20. The predicted molar refractivity (Wildman–Crippen MR) is 89.3 cm³/mol. The van der Waals surface area contributed by atoms with Crippen molar-refractivity contribution in [3.63, 3.8) is 0 Å². The van der Waals surface area contributed by atoms with Crippen molar-refractivity contribution in [3.8, 4) is 0 Å². The highest BCUT2D eigenvalue weighted by Gasteiger charge is 2.12. The number of fused-ring (bicyclic) bond motifs is 1. The van der Waals surface area contributed by atoms with Crippen LogP contribution in [-0.4, -0.2) is 9.86 Å². The number of carbonyl (C=O) groups is 1. The maximum Gasteiger partial charge on any atom is 0.275 e. The molecule has 0 fully saturated rings. The molecule has 0 spiro atoms. The fourth-order valence-corrected chi connectivity index (χ4v) is 3.44. The van der Waals surface area contributed by atoms with E-state index in [0.29, 0.717) is 11.8 Å². The summed E-state index contributed by atoms with van der Waals surface area (Å²) in [5.41, 5.74) is -0.163. The highest BCUT2D eigenvalue weighted by Crippen LogP contribution is 2.17. The highest BCUT2D eigenvalue weighted by atomic mass is 32.1. The van der Waals surface area contributed by atoms with Crippen molar-refractivity contribution < 1.29 is 4.79 Å². The van der Waals surface area contributed by atoms with Crippen LogP contribution in [0.2, 0.25) is 0 Å². The van der Waals surface area contributed by atoms with Crippen molar-refractivity contribution in [2.75, 3.05) is 0 Å². The van der Waals surface area contributed by atoms with Gasteiger partial charge in [0.05, 0.1) is 10.1 Å². The van der Waals surface area contributed by atoms with E-state index < -0.39 is 0 Å². The summed E-state index contributed by atoms with van der Waals surface area (Å²) in [5.74, 6) is -0.0604. The Kier molecular flexibility index (Phi) is 6.18. The van der Waals surface area contributed by atoms with Crippen LogP contribution in [0.4, 0.5) is 0 Å². The number of hydrogen-bond acceptors (Lipinski definition) is 3. The van der Waals surface area contributed by atoms with Crippen molar-refractivity contribution in [3.05, 3.63) is 34.6 Å². The molecular weight excluding hydrogens is 282 g/mol. The number of benzene rings is 1. The molecule has 21 heavy (non-hydrogen) atoms. The molecule has 0 saturated carbocycles. The molecule has 0 atom stereocenters. The topological polar surface area (TPSA) is 39.1 Å². The molecule has 1 aromatic heterocycles. The molecule has 1 heterocycles. The second-order valence-electron chi connectivity index (χ2n) is 5.45. The van der Waals surface area contributed by atoms with Crippen LogP contribution in [0.3, 0.4) is 0 Å². The molecule has 2 aromatic rings. The standard InChI is InChI=1S/C17H23NO2S/c1-2-3-4-5-6-7-8-13-16(19)18-17(20)14-11-9-10-12-15(14)21-18/h9-12H,2-8,13H2,1H3. The maximum absolute atomic E-state index is 12.1. The minimum atomic E-state index is -0.163. The maximum atomic E-state index is 12.1. The SMILES string of the molecule is CCCCCCCCCC(=O)n1sc2ccccc2c1=O. The van der Waals surface area contributed by atoms with Gasteiger partial charge in [0.25, 0.3) is 5.56 Å². The first-order valence-electron chi connectivity index (χ1n) is 7.88. The van der Waals surface area contributed by atoms with Gasteiger partial charge in [0.2, 0.25) is 5.91 Å². The van der Waals surface area contributed by atoms with Gasteiger partial charge in [-0.1, -0.05) is 57.6 Å². The van der Waals surface area contributed by atoms with Gasteiger partial charge in [-0.3, -0.25) is 9.59 Å². The Balaban J connectivity index is 1.83. The molecule has 0 bridgehead atoms. The van der Waals surface area contributed by atoms with E-state index in [1.54, 1.807) is 6.07 Å². The van der Waals surface area contributed by atoms with Crippen LogP contribution < -0.4 is 5.56 Å². The van der Waals surface area contributed by atoms with Crippen molar-refractivity contribution >= 4 is 27.5 Å². The van der Waals surface area contributed by atoms with Crippen molar-refractivity contribution in [2.45, 2.75) is 58.3 Å². The summed E-state index contributed by atoms with van der Waals surface area (Å²) in [6, 6.07) is 7.40. The average Bonchev–Trinajstić information content (AvgIpc) is 2.84. The molecule has 0 unspecified atom stereocenters. The zero-order valence-corrected chi connectivity index (χ0v) is 13.5. The van der Waals surface area contributed by atoms with Gasteiger partial charge in [-0.15, -0.1) is 0 Å². The monoisotopic (exact) mass is 305 g/mol. The molecule has 0 aliphatic heterocycles. The Hall–Kier alpha value is -1.42. The molecule has 0 saturated heterocycles. The third-order valence-corrected chi connectivity index (χ3v) is 4.82. The molecule has 2 rings (SSSR count). The van der Waals surface area contributed by atoms with Crippen molar-refractivity contribution in [1.82, 2.24) is 3.96 Å². The van der Waals surface area contributed by atoms with Gasteiger partial charge in [0.1, 0.15) is 0 Å². The molecule has 0 amide bonds. The van der Waals surface area contributed by atoms with Gasteiger partial charge >= 0.3 is 0 Å². The van der Waals surface area contributed by atoms with Crippen LogP contribution in [-0.2, 0) is 0 Å².